The summed E-state index contributed by atoms with van der Waals surface area (Å²) >= 11 is 0. The van der Waals surface area contributed by atoms with E-state index in [0.717, 1.165) is 18.9 Å². The van der Waals surface area contributed by atoms with Crippen molar-refractivity contribution in [3.8, 4) is 0 Å². The van der Waals surface area contributed by atoms with E-state index >= 15 is 0 Å². The van der Waals surface area contributed by atoms with Crippen LogP contribution in [0.4, 0.5) is 27.6 Å². The molecule has 1 aliphatic heterocycles. The predicted octanol–water partition coefficient (Wildman–Crippen LogP) is 5.79. The third-order valence-corrected chi connectivity index (χ3v) is 8.63. The molecule has 0 radical (unpaired) electrons. The summed E-state index contributed by atoms with van der Waals surface area (Å²) in [7, 11) is 1.74. The van der Waals surface area contributed by atoms with Crippen LogP contribution in [-0.2, 0) is 38.1 Å². The van der Waals surface area contributed by atoms with E-state index < -0.39 is 41.8 Å². The molecule has 1 amide bonds. The summed E-state index contributed by atoms with van der Waals surface area (Å²) in [5, 5.41) is 11.2. The van der Waals surface area contributed by atoms with Crippen molar-refractivity contribution < 1.29 is 26.7 Å². The normalized spacial score (nSPS) is 20.4. The molecule has 6 rings (SSSR count). The molecule has 2 saturated carbocycles. The first kappa shape index (κ1) is 26.9. The van der Waals surface area contributed by atoms with Crippen LogP contribution in [0.2, 0.25) is 0 Å². The topological polar surface area (TPSA) is 63.0 Å². The van der Waals surface area contributed by atoms with Gasteiger partial charge in [0.05, 0.1) is 12.1 Å². The Kier molecular flexibility index (Phi) is 6.28. The number of hydrogen-bond acceptors (Lipinski definition) is 4. The SMILES string of the molecule is CC(NCc1cc2c(c(C(F)(F)F)c1)CN(c1cccc(C3(Cc4nncn4C)CC(F)(F)C3)c1)C2=O)C1CC1. The fourth-order valence-electron chi connectivity index (χ4n) is 6.22. The van der Waals surface area contributed by atoms with E-state index in [9.17, 15) is 26.7 Å². The van der Waals surface area contributed by atoms with Crippen molar-refractivity contribution in [1.82, 2.24) is 20.1 Å². The van der Waals surface area contributed by atoms with Gasteiger partial charge in [0, 0.05) is 55.6 Å². The standard InChI is InChI=1S/C29H30F5N5O/c1-17(19-6-7-19)35-12-18-8-22-23(24(9-18)29(32,33)34)13-39(26(22)40)21-5-3-4-20(10-21)27(14-28(30,31)15-27)11-25-37-36-16-38(25)2/h3-5,8-10,16-17,19,35H,6-7,11-15H2,1-2H3. The van der Waals surface area contributed by atoms with Gasteiger partial charge in [-0.1, -0.05) is 12.1 Å². The van der Waals surface area contributed by atoms with Crippen molar-refractivity contribution in [3.05, 3.63) is 76.4 Å². The molecule has 2 aliphatic carbocycles. The number of halogens is 5. The van der Waals surface area contributed by atoms with Crippen LogP contribution in [0.1, 0.15) is 71.0 Å². The second-order valence-electron chi connectivity index (χ2n) is 11.6. The van der Waals surface area contributed by atoms with Gasteiger partial charge in [-0.25, -0.2) is 8.78 Å². The minimum atomic E-state index is -4.63. The minimum absolute atomic E-state index is 0.0279. The molecule has 1 unspecified atom stereocenters. The highest BCUT2D eigenvalue weighted by Crippen LogP contribution is 2.55. The Morgan fingerprint density at radius 2 is 1.90 bits per heavy atom. The average molecular weight is 560 g/mol. The zero-order valence-corrected chi connectivity index (χ0v) is 22.2. The van der Waals surface area contributed by atoms with Gasteiger partial charge in [-0.05, 0) is 66.6 Å². The fraction of sp³-hybridized carbons (Fsp3) is 0.483. The summed E-state index contributed by atoms with van der Waals surface area (Å²) in [6.07, 6.45) is -1.46. The lowest BCUT2D eigenvalue weighted by Gasteiger charge is -2.48. The number of benzene rings is 2. The highest BCUT2D eigenvalue weighted by molar-refractivity contribution is 6.10. The van der Waals surface area contributed by atoms with Gasteiger partial charge in [0.25, 0.3) is 5.91 Å². The largest absolute Gasteiger partial charge is 0.416 e. The van der Waals surface area contributed by atoms with Crippen molar-refractivity contribution in [1.29, 1.82) is 0 Å². The second kappa shape index (κ2) is 9.36. The number of aryl methyl sites for hydroxylation is 1. The number of carbonyl (C=O) groups excluding carboxylic acids is 1. The van der Waals surface area contributed by atoms with Gasteiger partial charge in [0.2, 0.25) is 5.92 Å². The number of carbonyl (C=O) groups is 1. The van der Waals surface area contributed by atoms with Crippen molar-refractivity contribution in [3.63, 3.8) is 0 Å². The van der Waals surface area contributed by atoms with Gasteiger partial charge >= 0.3 is 6.18 Å². The van der Waals surface area contributed by atoms with Crippen LogP contribution in [0.5, 0.6) is 0 Å². The van der Waals surface area contributed by atoms with Crippen LogP contribution in [0.15, 0.2) is 42.7 Å². The quantitative estimate of drug-likeness (QED) is 0.355. The summed E-state index contributed by atoms with van der Waals surface area (Å²) in [5.74, 6) is -2.28. The number of anilines is 1. The van der Waals surface area contributed by atoms with Crippen LogP contribution in [0, 0.1) is 5.92 Å². The molecule has 212 valence electrons. The van der Waals surface area contributed by atoms with Crippen molar-refractivity contribution >= 4 is 11.6 Å². The van der Waals surface area contributed by atoms with E-state index in [4.69, 9.17) is 0 Å². The van der Waals surface area contributed by atoms with E-state index in [2.05, 4.69) is 15.5 Å². The smallest absolute Gasteiger partial charge is 0.321 e. The summed E-state index contributed by atoms with van der Waals surface area (Å²) in [4.78, 5) is 14.8. The number of alkyl halides is 5. The van der Waals surface area contributed by atoms with Crippen LogP contribution < -0.4 is 10.2 Å². The molecule has 2 aromatic carbocycles. The number of hydrogen-bond donors (Lipinski definition) is 1. The second-order valence-corrected chi connectivity index (χ2v) is 11.6. The molecule has 2 fully saturated rings. The Balaban J connectivity index is 1.31. The monoisotopic (exact) mass is 559 g/mol. The summed E-state index contributed by atoms with van der Waals surface area (Å²) in [6, 6.07) is 9.54. The summed E-state index contributed by atoms with van der Waals surface area (Å²) < 4.78 is 72.6. The van der Waals surface area contributed by atoms with E-state index in [0.29, 0.717) is 28.6 Å². The van der Waals surface area contributed by atoms with E-state index in [1.807, 2.05) is 6.92 Å². The predicted molar refractivity (Wildman–Crippen MR) is 138 cm³/mol. The highest BCUT2D eigenvalue weighted by atomic mass is 19.4. The van der Waals surface area contributed by atoms with Gasteiger partial charge in [0.15, 0.2) is 0 Å². The molecule has 3 aromatic rings. The van der Waals surface area contributed by atoms with Crippen molar-refractivity contribution in [2.45, 2.75) is 75.7 Å². The van der Waals surface area contributed by atoms with Crippen LogP contribution in [-0.4, -0.2) is 32.6 Å². The van der Waals surface area contributed by atoms with Gasteiger partial charge in [-0.15, -0.1) is 10.2 Å². The Hall–Kier alpha value is -3.34. The molecule has 1 N–H and O–H groups in total. The third-order valence-electron chi connectivity index (χ3n) is 8.63. The molecule has 1 atom stereocenters. The molecule has 0 bridgehead atoms. The maximum atomic E-state index is 14.2. The first-order chi connectivity index (χ1) is 18.9. The van der Waals surface area contributed by atoms with Crippen molar-refractivity contribution in [2.75, 3.05) is 4.90 Å². The van der Waals surface area contributed by atoms with E-state index in [1.165, 1.54) is 11.2 Å². The highest BCUT2D eigenvalue weighted by Gasteiger charge is 2.57. The lowest BCUT2D eigenvalue weighted by atomic mass is 9.60. The van der Waals surface area contributed by atoms with Crippen LogP contribution in [0.25, 0.3) is 0 Å². The summed E-state index contributed by atoms with van der Waals surface area (Å²) in [6.45, 7) is 2.01. The maximum Gasteiger partial charge on any atom is 0.416 e. The van der Waals surface area contributed by atoms with E-state index in [1.54, 1.807) is 41.9 Å². The molecule has 0 saturated heterocycles. The summed E-state index contributed by atoms with van der Waals surface area (Å²) in [5.41, 5.74) is -0.401. The molecule has 0 spiro atoms. The first-order valence-corrected chi connectivity index (χ1v) is 13.4. The number of nitrogens with zero attached hydrogens (tertiary/aromatic N) is 4. The lowest BCUT2D eigenvalue weighted by molar-refractivity contribution is -0.138. The molecular formula is C29H30F5N5O. The first-order valence-electron chi connectivity index (χ1n) is 13.4. The number of rotatable bonds is 8. The Labute approximate surface area is 228 Å². The minimum Gasteiger partial charge on any atom is -0.321 e. The van der Waals surface area contributed by atoms with Crippen LogP contribution in [0.3, 0.4) is 0 Å². The molecule has 6 nitrogen and oxygen atoms in total. The zero-order valence-electron chi connectivity index (χ0n) is 22.2. The molecule has 1 aromatic heterocycles. The number of aromatic nitrogens is 3. The Bertz CT molecular complexity index is 1450. The molecule has 3 aliphatic rings. The number of nitrogens with one attached hydrogen (secondary N) is 1. The number of fused-ring (bicyclic) bond motifs is 1. The number of amides is 1. The van der Waals surface area contributed by atoms with Crippen LogP contribution >= 0.6 is 0 Å². The van der Waals surface area contributed by atoms with E-state index in [-0.39, 0.29) is 36.7 Å². The maximum absolute atomic E-state index is 14.2. The third kappa shape index (κ3) is 4.88. The Morgan fingerprint density at radius 3 is 2.52 bits per heavy atom. The van der Waals surface area contributed by atoms with Gasteiger partial charge < -0.3 is 14.8 Å². The molecule has 11 heteroatoms. The van der Waals surface area contributed by atoms with Gasteiger partial charge in [-0.3, -0.25) is 4.79 Å². The Morgan fingerprint density at radius 1 is 1.15 bits per heavy atom. The molecule has 2 heterocycles. The molecule has 40 heavy (non-hydrogen) atoms. The molecular weight excluding hydrogens is 529 g/mol. The fourth-order valence-corrected chi connectivity index (χ4v) is 6.22. The van der Waals surface area contributed by atoms with Crippen molar-refractivity contribution in [2.24, 2.45) is 13.0 Å². The zero-order chi connectivity index (χ0) is 28.4. The van der Waals surface area contributed by atoms with Gasteiger partial charge in [-0.2, -0.15) is 13.2 Å². The van der Waals surface area contributed by atoms with Gasteiger partial charge in [0.1, 0.15) is 12.2 Å². The average Bonchev–Trinajstić information content (AvgIpc) is 3.58. The lowest BCUT2D eigenvalue weighted by Crippen LogP contribution is -2.51.